The largest absolute Gasteiger partial charge is 0.573 e. The second-order valence-electron chi connectivity index (χ2n) is 4.35. The normalized spacial score (nSPS) is 12.8. The molecular weight excluding hydrogens is 267 g/mol. The lowest BCUT2D eigenvalue weighted by Gasteiger charge is -2.16. The van der Waals surface area contributed by atoms with Gasteiger partial charge in [-0.1, -0.05) is 30.3 Å². The average Bonchev–Trinajstić information content (AvgIpc) is 2.39. The number of para-hydroxylation sites is 1. The van der Waals surface area contributed by atoms with Crippen LogP contribution in [0.15, 0.2) is 54.6 Å². The highest BCUT2D eigenvalue weighted by Gasteiger charge is 2.30. The highest BCUT2D eigenvalue weighted by atomic mass is 19.4. The minimum atomic E-state index is -4.66. The lowest BCUT2D eigenvalue weighted by Crippen LogP contribution is -2.17. The molecule has 5 heteroatoms. The number of rotatable bonds is 4. The average molecular weight is 281 g/mol. The van der Waals surface area contributed by atoms with Crippen LogP contribution in [0.1, 0.15) is 18.5 Å². The van der Waals surface area contributed by atoms with Gasteiger partial charge >= 0.3 is 6.36 Å². The summed E-state index contributed by atoms with van der Waals surface area (Å²) in [5.74, 6) is -0.215. The second kappa shape index (κ2) is 5.86. The van der Waals surface area contributed by atoms with Gasteiger partial charge in [-0.15, -0.1) is 13.2 Å². The summed E-state index contributed by atoms with van der Waals surface area (Å²) >= 11 is 0. The van der Waals surface area contributed by atoms with Gasteiger partial charge in [0.1, 0.15) is 5.75 Å². The van der Waals surface area contributed by atoms with Crippen molar-refractivity contribution in [2.45, 2.75) is 19.3 Å². The first-order chi connectivity index (χ1) is 9.44. The van der Waals surface area contributed by atoms with Crippen LogP contribution in [0.2, 0.25) is 0 Å². The van der Waals surface area contributed by atoms with Gasteiger partial charge in [-0.3, -0.25) is 0 Å². The smallest absolute Gasteiger partial charge is 0.406 e. The van der Waals surface area contributed by atoms with Crippen molar-refractivity contribution in [2.24, 2.45) is 0 Å². The van der Waals surface area contributed by atoms with E-state index in [9.17, 15) is 13.2 Å². The van der Waals surface area contributed by atoms with Gasteiger partial charge in [0.15, 0.2) is 0 Å². The Morgan fingerprint density at radius 1 is 0.950 bits per heavy atom. The van der Waals surface area contributed by atoms with Crippen LogP contribution in [0.3, 0.4) is 0 Å². The van der Waals surface area contributed by atoms with Crippen LogP contribution >= 0.6 is 0 Å². The molecule has 2 aromatic carbocycles. The van der Waals surface area contributed by atoms with Crippen LogP contribution in [-0.2, 0) is 0 Å². The molecule has 0 saturated carbocycles. The number of anilines is 1. The molecule has 0 amide bonds. The van der Waals surface area contributed by atoms with Crippen molar-refractivity contribution in [1.82, 2.24) is 0 Å². The molecule has 0 radical (unpaired) electrons. The Labute approximate surface area is 115 Å². The van der Waals surface area contributed by atoms with Gasteiger partial charge in [0.2, 0.25) is 0 Å². The molecule has 1 unspecified atom stereocenters. The third-order valence-electron chi connectivity index (χ3n) is 2.77. The Balaban J connectivity index is 2.02. The van der Waals surface area contributed by atoms with E-state index in [4.69, 9.17) is 0 Å². The summed E-state index contributed by atoms with van der Waals surface area (Å²) in [6, 6.07) is 15.4. The minimum absolute atomic E-state index is 0.0164. The quantitative estimate of drug-likeness (QED) is 0.872. The van der Waals surface area contributed by atoms with Crippen molar-refractivity contribution in [3.63, 3.8) is 0 Å². The van der Waals surface area contributed by atoms with E-state index >= 15 is 0 Å². The molecule has 0 aromatic heterocycles. The molecule has 0 saturated heterocycles. The first-order valence-electron chi connectivity index (χ1n) is 6.11. The van der Waals surface area contributed by atoms with Crippen molar-refractivity contribution < 1.29 is 17.9 Å². The second-order valence-corrected chi connectivity index (χ2v) is 4.35. The van der Waals surface area contributed by atoms with Crippen molar-refractivity contribution in [1.29, 1.82) is 0 Å². The first-order valence-corrected chi connectivity index (χ1v) is 6.11. The fourth-order valence-corrected chi connectivity index (χ4v) is 1.83. The first kappa shape index (κ1) is 14.2. The van der Waals surface area contributed by atoms with E-state index in [1.165, 1.54) is 12.1 Å². The zero-order valence-electron chi connectivity index (χ0n) is 10.8. The summed E-state index contributed by atoms with van der Waals surface area (Å²) < 4.78 is 40.0. The SMILES string of the molecule is CC(Nc1ccccc1)c1ccc(OC(F)(F)F)cc1. The van der Waals surface area contributed by atoms with Crippen LogP contribution in [0.4, 0.5) is 18.9 Å². The van der Waals surface area contributed by atoms with E-state index in [0.29, 0.717) is 0 Å². The maximum Gasteiger partial charge on any atom is 0.573 e. The molecule has 0 aliphatic carbocycles. The summed E-state index contributed by atoms with van der Waals surface area (Å²) in [6.45, 7) is 1.94. The summed E-state index contributed by atoms with van der Waals surface area (Å²) in [4.78, 5) is 0. The summed E-state index contributed by atoms with van der Waals surface area (Å²) in [7, 11) is 0. The zero-order chi connectivity index (χ0) is 14.6. The van der Waals surface area contributed by atoms with Gasteiger partial charge in [0.25, 0.3) is 0 Å². The minimum Gasteiger partial charge on any atom is -0.406 e. The van der Waals surface area contributed by atoms with Crippen molar-refractivity contribution in [2.75, 3.05) is 5.32 Å². The van der Waals surface area contributed by atoms with E-state index in [-0.39, 0.29) is 11.8 Å². The fraction of sp³-hybridized carbons (Fsp3) is 0.200. The number of halogens is 3. The molecule has 2 aromatic rings. The van der Waals surface area contributed by atoms with Gasteiger partial charge < -0.3 is 10.1 Å². The van der Waals surface area contributed by atoms with Gasteiger partial charge in [0, 0.05) is 11.7 Å². The van der Waals surface area contributed by atoms with Crippen LogP contribution in [0.25, 0.3) is 0 Å². The maximum absolute atomic E-state index is 12.1. The highest BCUT2D eigenvalue weighted by molar-refractivity contribution is 5.45. The molecule has 2 nitrogen and oxygen atoms in total. The Morgan fingerprint density at radius 2 is 1.55 bits per heavy atom. The Morgan fingerprint density at radius 3 is 2.10 bits per heavy atom. The topological polar surface area (TPSA) is 21.3 Å². The predicted molar refractivity (Wildman–Crippen MR) is 71.6 cm³/mol. The van der Waals surface area contributed by atoms with Gasteiger partial charge in [-0.25, -0.2) is 0 Å². The Bertz CT molecular complexity index is 537. The molecule has 1 atom stereocenters. The third-order valence-corrected chi connectivity index (χ3v) is 2.77. The molecule has 106 valence electrons. The molecule has 1 N–H and O–H groups in total. The molecule has 0 fully saturated rings. The van der Waals surface area contributed by atoms with E-state index in [0.717, 1.165) is 11.3 Å². The van der Waals surface area contributed by atoms with Gasteiger partial charge in [-0.05, 0) is 36.8 Å². The highest BCUT2D eigenvalue weighted by Crippen LogP contribution is 2.25. The van der Waals surface area contributed by atoms with E-state index in [2.05, 4.69) is 10.1 Å². The Hall–Kier alpha value is -2.17. The summed E-state index contributed by atoms with van der Waals surface area (Å²) in [5.41, 5.74) is 1.83. The lowest BCUT2D eigenvalue weighted by atomic mass is 10.1. The zero-order valence-corrected chi connectivity index (χ0v) is 10.8. The molecular formula is C15H14F3NO. The molecule has 20 heavy (non-hydrogen) atoms. The van der Waals surface area contributed by atoms with Crippen LogP contribution in [-0.4, -0.2) is 6.36 Å². The van der Waals surface area contributed by atoms with Crippen LogP contribution in [0.5, 0.6) is 5.75 Å². The van der Waals surface area contributed by atoms with Crippen LogP contribution < -0.4 is 10.1 Å². The molecule has 0 heterocycles. The fourth-order valence-electron chi connectivity index (χ4n) is 1.83. The van der Waals surface area contributed by atoms with Crippen molar-refractivity contribution >= 4 is 5.69 Å². The number of hydrogen-bond donors (Lipinski definition) is 1. The number of alkyl halides is 3. The summed E-state index contributed by atoms with van der Waals surface area (Å²) in [5, 5.41) is 3.26. The third kappa shape index (κ3) is 4.19. The monoisotopic (exact) mass is 281 g/mol. The molecule has 0 aliphatic heterocycles. The number of hydrogen-bond acceptors (Lipinski definition) is 2. The van der Waals surface area contributed by atoms with Crippen molar-refractivity contribution in [3.05, 3.63) is 60.2 Å². The standard InChI is InChI=1S/C15H14F3NO/c1-11(19-13-5-3-2-4-6-13)12-7-9-14(10-8-12)20-15(16,17)18/h2-11,19H,1H3. The van der Waals surface area contributed by atoms with Crippen LogP contribution in [0, 0.1) is 0 Å². The lowest BCUT2D eigenvalue weighted by molar-refractivity contribution is -0.274. The van der Waals surface area contributed by atoms with E-state index < -0.39 is 6.36 Å². The Kier molecular flexibility index (Phi) is 4.17. The molecule has 0 bridgehead atoms. The maximum atomic E-state index is 12.1. The molecule has 0 spiro atoms. The van der Waals surface area contributed by atoms with Gasteiger partial charge in [-0.2, -0.15) is 0 Å². The van der Waals surface area contributed by atoms with E-state index in [1.54, 1.807) is 12.1 Å². The van der Waals surface area contributed by atoms with E-state index in [1.807, 2.05) is 37.3 Å². The predicted octanol–water partition coefficient (Wildman–Crippen LogP) is 4.76. The number of benzene rings is 2. The number of ether oxygens (including phenoxy) is 1. The molecule has 0 aliphatic rings. The number of nitrogens with one attached hydrogen (secondary N) is 1. The van der Waals surface area contributed by atoms with Crippen molar-refractivity contribution in [3.8, 4) is 5.75 Å². The summed E-state index contributed by atoms with van der Waals surface area (Å²) in [6.07, 6.45) is -4.66. The van der Waals surface area contributed by atoms with Gasteiger partial charge in [0.05, 0.1) is 0 Å². The molecule has 2 rings (SSSR count).